The fourth-order valence-electron chi connectivity index (χ4n) is 2.39. The van der Waals surface area contributed by atoms with Crippen LogP contribution in [0.25, 0.3) is 20.9 Å². The van der Waals surface area contributed by atoms with Crippen LogP contribution in [0.1, 0.15) is 4.88 Å². The Morgan fingerprint density at radius 2 is 1.30 bits per heavy atom. The van der Waals surface area contributed by atoms with Gasteiger partial charge in [-0.1, -0.05) is 0 Å². The van der Waals surface area contributed by atoms with E-state index < -0.39 is 18.4 Å². The minimum atomic E-state index is -2.17. The first-order valence-electron chi connectivity index (χ1n) is 7.42. The van der Waals surface area contributed by atoms with Gasteiger partial charge >= 0.3 is 148 Å². The Kier molecular flexibility index (Phi) is 4.68. The van der Waals surface area contributed by atoms with Gasteiger partial charge in [-0.25, -0.2) is 0 Å². The Balaban J connectivity index is 2.05. The van der Waals surface area contributed by atoms with E-state index in [1.807, 2.05) is 25.1 Å². The van der Waals surface area contributed by atoms with Crippen LogP contribution in [0.5, 0.6) is 0 Å². The normalized spacial score (nSPS) is 11.9. The van der Waals surface area contributed by atoms with Gasteiger partial charge in [0.15, 0.2) is 0 Å². The van der Waals surface area contributed by atoms with E-state index in [1.165, 1.54) is 26.4 Å². The first kappa shape index (κ1) is 17.1. The van der Waals surface area contributed by atoms with Crippen molar-refractivity contribution in [2.75, 3.05) is 0 Å². The van der Waals surface area contributed by atoms with Crippen molar-refractivity contribution in [3.8, 4) is 20.9 Å². The van der Waals surface area contributed by atoms with Crippen LogP contribution < -0.4 is 2.89 Å². The van der Waals surface area contributed by atoms with Crippen LogP contribution in [0, 0.1) is 18.6 Å². The molecule has 0 aliphatic carbocycles. The molecule has 0 N–H and O–H groups in total. The average Bonchev–Trinajstić information content (AvgIpc) is 3.09. The van der Waals surface area contributed by atoms with Crippen molar-refractivity contribution in [1.29, 1.82) is 0 Å². The maximum absolute atomic E-state index is 14.6. The van der Waals surface area contributed by atoms with Crippen molar-refractivity contribution in [3.05, 3.63) is 52.9 Å². The molecule has 0 aliphatic heterocycles. The van der Waals surface area contributed by atoms with E-state index >= 15 is 0 Å². The van der Waals surface area contributed by atoms with E-state index in [-0.39, 0.29) is 11.6 Å². The molecule has 0 bridgehead atoms. The summed E-state index contributed by atoms with van der Waals surface area (Å²) in [5.74, 6) is -0.720. The molecule has 0 saturated carbocycles. The molecule has 0 atom stereocenters. The molecule has 0 spiro atoms. The zero-order valence-corrected chi connectivity index (χ0v) is 18.0. The van der Waals surface area contributed by atoms with Gasteiger partial charge in [0, 0.05) is 0 Å². The first-order valence-corrected chi connectivity index (χ1v) is 19.0. The summed E-state index contributed by atoms with van der Waals surface area (Å²) < 4.78 is 30.5. The molecule has 3 aromatic rings. The van der Waals surface area contributed by atoms with Gasteiger partial charge in [-0.05, 0) is 0 Å². The monoisotopic (exact) mass is 456 g/mol. The second-order valence-electron chi connectivity index (χ2n) is 6.64. The first-order chi connectivity index (χ1) is 10.8. The zero-order valence-electron chi connectivity index (χ0n) is 13.5. The quantitative estimate of drug-likeness (QED) is 0.409. The van der Waals surface area contributed by atoms with Gasteiger partial charge in [-0.3, -0.25) is 0 Å². The van der Waals surface area contributed by atoms with E-state index in [1.54, 1.807) is 11.3 Å². The van der Waals surface area contributed by atoms with E-state index in [9.17, 15) is 8.78 Å². The Hall–Kier alpha value is -0.721. The van der Waals surface area contributed by atoms with Crippen LogP contribution in [0.2, 0.25) is 14.8 Å². The fraction of sp³-hybridized carbons (Fsp3) is 0.222. The summed E-state index contributed by atoms with van der Waals surface area (Å²) in [5.41, 5.74) is 0.711. The molecule has 3 rings (SSSR count). The molecule has 0 radical (unpaired) electrons. The molecule has 0 amide bonds. The van der Waals surface area contributed by atoms with Crippen molar-refractivity contribution < 1.29 is 8.78 Å². The molecule has 23 heavy (non-hydrogen) atoms. The molecule has 0 saturated heterocycles. The number of hydrogen-bond acceptors (Lipinski definition) is 2. The topological polar surface area (TPSA) is 0 Å². The van der Waals surface area contributed by atoms with E-state index in [0.717, 1.165) is 14.6 Å². The van der Waals surface area contributed by atoms with Crippen molar-refractivity contribution in [2.45, 2.75) is 21.7 Å². The zero-order chi connectivity index (χ0) is 16.8. The van der Waals surface area contributed by atoms with Gasteiger partial charge in [0.25, 0.3) is 0 Å². The van der Waals surface area contributed by atoms with Crippen LogP contribution in [-0.4, -0.2) is 18.4 Å². The molecule has 2 heterocycles. The third-order valence-corrected chi connectivity index (χ3v) is 15.3. The molecule has 5 heteroatoms. The van der Waals surface area contributed by atoms with Gasteiger partial charge in [-0.15, -0.1) is 0 Å². The summed E-state index contributed by atoms with van der Waals surface area (Å²) in [5, 5.41) is 0. The molecular formula is C18H18F2S2Sn. The Labute approximate surface area is 147 Å². The standard InChI is InChI=1S/C15H9F2S2.3CH3.Sn/c1-9-4-5-15(19-9)11-8-12(16)10(7-13(11)17)14-3-2-6-18-14;;;;/h2-5,7-8H,1H3;3*1H3;. The Bertz CT molecular complexity index is 856. The average molecular weight is 455 g/mol. The summed E-state index contributed by atoms with van der Waals surface area (Å²) >= 11 is 0.918. The molecule has 120 valence electrons. The van der Waals surface area contributed by atoms with Gasteiger partial charge in [0.05, 0.1) is 0 Å². The van der Waals surface area contributed by atoms with Crippen LogP contribution >= 0.6 is 22.7 Å². The van der Waals surface area contributed by atoms with Gasteiger partial charge in [-0.2, -0.15) is 0 Å². The summed E-state index contributed by atoms with van der Waals surface area (Å²) in [6, 6.07) is 10.4. The van der Waals surface area contributed by atoms with Crippen LogP contribution in [-0.2, 0) is 0 Å². The Morgan fingerprint density at radius 3 is 1.74 bits per heavy atom. The van der Waals surface area contributed by atoms with E-state index in [2.05, 4.69) is 20.9 Å². The van der Waals surface area contributed by atoms with Crippen molar-refractivity contribution in [2.24, 2.45) is 0 Å². The molecular weight excluding hydrogens is 437 g/mol. The molecule has 0 unspecified atom stereocenters. The van der Waals surface area contributed by atoms with Crippen molar-refractivity contribution in [1.82, 2.24) is 0 Å². The van der Waals surface area contributed by atoms with Gasteiger partial charge in [0.2, 0.25) is 0 Å². The van der Waals surface area contributed by atoms with E-state index in [0.29, 0.717) is 11.1 Å². The second kappa shape index (κ2) is 6.30. The Morgan fingerprint density at radius 1 is 0.783 bits per heavy atom. The number of halogens is 2. The van der Waals surface area contributed by atoms with Gasteiger partial charge < -0.3 is 0 Å². The fourth-order valence-corrected chi connectivity index (χ4v) is 9.58. The number of aryl methyl sites for hydroxylation is 1. The van der Waals surface area contributed by atoms with Crippen LogP contribution in [0.3, 0.4) is 0 Å². The maximum atomic E-state index is 14.6. The summed E-state index contributed by atoms with van der Waals surface area (Å²) in [6.07, 6.45) is 0. The predicted molar refractivity (Wildman–Crippen MR) is 101 cm³/mol. The number of hydrogen-bond donors (Lipinski definition) is 0. The predicted octanol–water partition coefficient (Wildman–Crippen LogP) is 6.28. The molecule has 0 fully saturated rings. The van der Waals surface area contributed by atoms with Crippen molar-refractivity contribution >= 4 is 43.9 Å². The third kappa shape index (κ3) is 3.54. The SMILES string of the molecule is Cc1ccc(-c2cc(F)c(-c3cc[c]([Sn]([CH3])([CH3])[CH3])s3)cc2F)s1. The van der Waals surface area contributed by atoms with Crippen LogP contribution in [0.15, 0.2) is 36.4 Å². The van der Waals surface area contributed by atoms with E-state index in [4.69, 9.17) is 0 Å². The molecule has 0 nitrogen and oxygen atoms in total. The minimum absolute atomic E-state index is 0.344. The summed E-state index contributed by atoms with van der Waals surface area (Å²) in [7, 11) is 0. The number of benzene rings is 1. The van der Waals surface area contributed by atoms with Crippen molar-refractivity contribution in [3.63, 3.8) is 0 Å². The van der Waals surface area contributed by atoms with Gasteiger partial charge in [0.1, 0.15) is 0 Å². The molecule has 1 aromatic carbocycles. The number of thiophene rings is 2. The van der Waals surface area contributed by atoms with Crippen LogP contribution in [0.4, 0.5) is 8.78 Å². The third-order valence-electron chi connectivity index (χ3n) is 3.67. The summed E-state index contributed by atoms with van der Waals surface area (Å²) in [6.45, 7) is 1.96. The summed E-state index contributed by atoms with van der Waals surface area (Å²) in [4.78, 5) is 9.64. The number of rotatable bonds is 3. The molecule has 2 aromatic heterocycles. The second-order valence-corrected chi connectivity index (χ2v) is 24.4. The molecule has 0 aliphatic rings.